The summed E-state index contributed by atoms with van der Waals surface area (Å²) in [6, 6.07) is 0. The van der Waals surface area contributed by atoms with Gasteiger partial charge in [0.15, 0.2) is 0 Å². The van der Waals surface area contributed by atoms with Crippen molar-refractivity contribution in [2.24, 2.45) is 0 Å². The van der Waals surface area contributed by atoms with Gasteiger partial charge in [0.05, 0.1) is 39.6 Å². The number of hydrogen-bond acceptors (Lipinski definition) is 6. The van der Waals surface area contributed by atoms with E-state index in [-0.39, 0.29) is 6.61 Å². The zero-order valence-corrected chi connectivity index (χ0v) is 20.5. The summed E-state index contributed by atoms with van der Waals surface area (Å²) >= 11 is 0. The fraction of sp³-hybridized carbons (Fsp3) is 0.958. The van der Waals surface area contributed by atoms with E-state index in [0.29, 0.717) is 46.2 Å². The van der Waals surface area contributed by atoms with Crippen LogP contribution in [0.3, 0.4) is 0 Å². The number of unbranched alkanes of at least 4 members (excludes halogenated alkanes) is 9. The van der Waals surface area contributed by atoms with Gasteiger partial charge in [0.25, 0.3) is 0 Å². The van der Waals surface area contributed by atoms with Crippen molar-refractivity contribution >= 4 is 5.97 Å². The molecule has 0 aromatic heterocycles. The molecule has 0 saturated carbocycles. The van der Waals surface area contributed by atoms with Crippen LogP contribution in [0.15, 0.2) is 0 Å². The maximum Gasteiger partial charge on any atom is 0.329 e. The summed E-state index contributed by atoms with van der Waals surface area (Å²) in [6.45, 7) is 11.8. The number of aliphatic carboxylic acids is 1. The number of carboxylic acids is 1. The van der Waals surface area contributed by atoms with Crippen LogP contribution in [0.4, 0.5) is 0 Å². The van der Waals surface area contributed by atoms with Crippen molar-refractivity contribution in [3.05, 3.63) is 0 Å². The van der Waals surface area contributed by atoms with Crippen LogP contribution >= 0.6 is 0 Å². The van der Waals surface area contributed by atoms with Crippen LogP contribution in [-0.2, 0) is 28.5 Å². The van der Waals surface area contributed by atoms with E-state index in [1.165, 1.54) is 64.2 Å². The fourth-order valence-corrected chi connectivity index (χ4v) is 2.69. The van der Waals surface area contributed by atoms with Gasteiger partial charge in [0.2, 0.25) is 0 Å². The Kier molecular flexibility index (Phi) is 32.9. The van der Waals surface area contributed by atoms with Gasteiger partial charge < -0.3 is 28.8 Å². The van der Waals surface area contributed by atoms with Gasteiger partial charge >= 0.3 is 5.97 Å². The summed E-state index contributed by atoms with van der Waals surface area (Å²) in [4.78, 5) is 9.63. The van der Waals surface area contributed by atoms with Crippen molar-refractivity contribution in [2.45, 2.75) is 85.0 Å². The molecule has 0 aliphatic rings. The molecule has 0 bridgehead atoms. The fourth-order valence-electron chi connectivity index (χ4n) is 2.69. The summed E-state index contributed by atoms with van der Waals surface area (Å²) in [5, 5.41) is 7.92. The smallest absolute Gasteiger partial charge is 0.329 e. The molecule has 0 radical (unpaired) electrons. The molecule has 7 nitrogen and oxygen atoms in total. The van der Waals surface area contributed by atoms with Crippen LogP contribution in [0.1, 0.15) is 85.0 Å². The molecule has 7 heteroatoms. The molecule has 0 aromatic carbocycles. The Morgan fingerprint density at radius 1 is 0.516 bits per heavy atom. The average molecular weight is 451 g/mol. The number of ether oxygens (including phenoxy) is 5. The second-order valence-electron chi connectivity index (χ2n) is 7.25. The molecule has 0 heterocycles. The molecular formula is C24H50O7. The van der Waals surface area contributed by atoms with Crippen LogP contribution in [0.2, 0.25) is 0 Å². The highest BCUT2D eigenvalue weighted by Crippen LogP contribution is 2.10. The third kappa shape index (κ3) is 37.0. The Hall–Kier alpha value is -0.730. The zero-order valence-electron chi connectivity index (χ0n) is 20.5. The molecule has 0 atom stereocenters. The Morgan fingerprint density at radius 2 is 0.903 bits per heavy atom. The Balaban J connectivity index is 0. The molecule has 188 valence electrons. The van der Waals surface area contributed by atoms with E-state index in [2.05, 4.69) is 11.7 Å². The van der Waals surface area contributed by atoms with E-state index in [0.717, 1.165) is 13.2 Å². The largest absolute Gasteiger partial charge is 0.480 e. The van der Waals surface area contributed by atoms with Crippen molar-refractivity contribution in [1.82, 2.24) is 0 Å². The molecule has 0 unspecified atom stereocenters. The lowest BCUT2D eigenvalue weighted by molar-refractivity contribution is -0.142. The van der Waals surface area contributed by atoms with E-state index >= 15 is 0 Å². The Bertz CT molecular complexity index is 305. The lowest BCUT2D eigenvalue weighted by Gasteiger charge is -2.07. The van der Waals surface area contributed by atoms with Crippen molar-refractivity contribution in [3.8, 4) is 0 Å². The second-order valence-corrected chi connectivity index (χ2v) is 7.25. The molecule has 0 aromatic rings. The number of carbonyl (C=O) groups is 1. The Labute approximate surface area is 191 Å². The van der Waals surface area contributed by atoms with E-state index < -0.39 is 5.97 Å². The molecule has 0 rings (SSSR count). The Morgan fingerprint density at radius 3 is 1.29 bits per heavy atom. The van der Waals surface area contributed by atoms with E-state index in [9.17, 15) is 4.79 Å². The third-order valence-corrected chi connectivity index (χ3v) is 4.39. The topological polar surface area (TPSA) is 83.5 Å². The van der Waals surface area contributed by atoms with Crippen molar-refractivity contribution in [2.75, 3.05) is 66.1 Å². The van der Waals surface area contributed by atoms with Crippen molar-refractivity contribution < 1.29 is 33.6 Å². The minimum atomic E-state index is -0.915. The van der Waals surface area contributed by atoms with Gasteiger partial charge in [-0.2, -0.15) is 0 Å². The molecule has 1 N–H and O–H groups in total. The minimum absolute atomic E-state index is 0.184. The van der Waals surface area contributed by atoms with E-state index in [1.807, 2.05) is 6.92 Å². The first kappa shape index (κ1) is 32.4. The molecular weight excluding hydrogens is 400 g/mol. The van der Waals surface area contributed by atoms with Crippen LogP contribution in [0, 0.1) is 0 Å². The lowest BCUT2D eigenvalue weighted by Crippen LogP contribution is -2.12. The van der Waals surface area contributed by atoms with Crippen LogP contribution < -0.4 is 0 Å². The van der Waals surface area contributed by atoms with Crippen molar-refractivity contribution in [3.63, 3.8) is 0 Å². The average Bonchev–Trinajstić information content (AvgIpc) is 2.76. The third-order valence-electron chi connectivity index (χ3n) is 4.39. The number of carboxylic acid groups (broad SMARTS) is 1. The summed E-state index contributed by atoms with van der Waals surface area (Å²) in [6.07, 6.45) is 13.6. The zero-order chi connectivity index (χ0) is 23.3. The predicted molar refractivity (Wildman–Crippen MR) is 125 cm³/mol. The quantitative estimate of drug-likeness (QED) is 0.205. The van der Waals surface area contributed by atoms with Crippen LogP contribution in [0.5, 0.6) is 0 Å². The summed E-state index contributed by atoms with van der Waals surface area (Å²) in [5.41, 5.74) is 0. The highest BCUT2D eigenvalue weighted by atomic mass is 16.6. The molecule has 0 aliphatic heterocycles. The highest BCUT2D eigenvalue weighted by molar-refractivity contribution is 5.67. The van der Waals surface area contributed by atoms with Gasteiger partial charge in [-0.15, -0.1) is 0 Å². The van der Waals surface area contributed by atoms with Gasteiger partial charge in [-0.25, -0.2) is 4.79 Å². The van der Waals surface area contributed by atoms with Crippen molar-refractivity contribution in [1.29, 1.82) is 0 Å². The maximum absolute atomic E-state index is 9.63. The summed E-state index contributed by atoms with van der Waals surface area (Å²) in [7, 11) is 0. The monoisotopic (exact) mass is 450 g/mol. The summed E-state index contributed by atoms with van der Waals surface area (Å²) in [5.74, 6) is -0.915. The van der Waals surface area contributed by atoms with Gasteiger partial charge in [0.1, 0.15) is 6.61 Å². The highest BCUT2D eigenvalue weighted by Gasteiger charge is 1.94. The standard InChI is InChI=1S/C20H42O4.C4H8O3/c1-3-5-6-7-8-9-10-11-12-13-14-22-17-18-24-20-19-23-16-15-21-4-2;1-2-7-3-4(5)6/h3-20H2,1-2H3;2-3H2,1H3,(H,5,6). The predicted octanol–water partition coefficient (Wildman–Crippen LogP) is 5.10. The van der Waals surface area contributed by atoms with E-state index in [1.54, 1.807) is 6.92 Å². The minimum Gasteiger partial charge on any atom is -0.480 e. The first-order chi connectivity index (χ1) is 15.2. The summed E-state index contributed by atoms with van der Waals surface area (Å²) < 4.78 is 26.1. The molecule has 0 aliphatic carbocycles. The van der Waals surface area contributed by atoms with Gasteiger partial charge in [-0.05, 0) is 20.3 Å². The lowest BCUT2D eigenvalue weighted by atomic mass is 10.1. The van der Waals surface area contributed by atoms with Gasteiger partial charge in [0, 0.05) is 19.8 Å². The second kappa shape index (κ2) is 31.5. The first-order valence-corrected chi connectivity index (χ1v) is 12.3. The normalized spacial score (nSPS) is 10.7. The number of rotatable bonds is 24. The van der Waals surface area contributed by atoms with Crippen LogP contribution in [0.25, 0.3) is 0 Å². The molecule has 0 amide bonds. The molecule has 31 heavy (non-hydrogen) atoms. The molecule has 0 saturated heterocycles. The van der Waals surface area contributed by atoms with E-state index in [4.69, 9.17) is 24.1 Å². The SMILES string of the molecule is CCCCCCCCCCCCOCCOCCOCCOCC.CCOCC(=O)O. The van der Waals surface area contributed by atoms with Gasteiger partial charge in [-0.3, -0.25) is 0 Å². The van der Waals surface area contributed by atoms with Gasteiger partial charge in [-0.1, -0.05) is 64.7 Å². The molecule has 0 fully saturated rings. The molecule has 0 spiro atoms. The first-order valence-electron chi connectivity index (χ1n) is 12.3. The maximum atomic E-state index is 9.63. The number of hydrogen-bond donors (Lipinski definition) is 1. The van der Waals surface area contributed by atoms with Crippen LogP contribution in [-0.4, -0.2) is 77.1 Å².